The minimum Gasteiger partial charge on any atom is -0.493 e. The van der Waals surface area contributed by atoms with Crippen LogP contribution in [0.2, 0.25) is 0 Å². The largest absolute Gasteiger partial charge is 0.493 e. The summed E-state index contributed by atoms with van der Waals surface area (Å²) in [6.45, 7) is 3.98. The van der Waals surface area contributed by atoms with Crippen molar-refractivity contribution in [2.24, 2.45) is 5.92 Å². The number of hydrogen-bond donors (Lipinski definition) is 0. The number of benzene rings is 1. The Hall–Kier alpha value is -1.12. The lowest BCUT2D eigenvalue weighted by Gasteiger charge is -2.11. The van der Waals surface area contributed by atoms with Crippen LogP contribution in [-0.4, -0.2) is 7.11 Å². The molecule has 0 spiro atoms. The molecule has 78 valence electrons. The van der Waals surface area contributed by atoms with E-state index in [1.165, 1.54) is 13.2 Å². The lowest BCUT2D eigenvalue weighted by molar-refractivity contribution is 0.376. The molecule has 1 nitrogen and oxygen atoms in total. The van der Waals surface area contributed by atoms with Crippen molar-refractivity contribution in [3.05, 3.63) is 29.3 Å². The molecule has 14 heavy (non-hydrogen) atoms. The Balaban J connectivity index is 3.11. The molecule has 0 fully saturated rings. The van der Waals surface area contributed by atoms with E-state index in [9.17, 15) is 8.78 Å². The van der Waals surface area contributed by atoms with Crippen molar-refractivity contribution in [3.8, 4) is 5.75 Å². The van der Waals surface area contributed by atoms with E-state index >= 15 is 0 Å². The second-order valence-electron chi connectivity index (χ2n) is 3.68. The SMILES string of the molecule is COc1c(F)cc(F)cc1CC(C)C. The van der Waals surface area contributed by atoms with Crippen LogP contribution >= 0.6 is 0 Å². The van der Waals surface area contributed by atoms with Crippen LogP contribution in [0.15, 0.2) is 12.1 Å². The number of rotatable bonds is 3. The average molecular weight is 200 g/mol. The maximum atomic E-state index is 13.2. The van der Waals surface area contributed by atoms with Gasteiger partial charge in [-0.15, -0.1) is 0 Å². The van der Waals surface area contributed by atoms with Crippen molar-refractivity contribution in [1.29, 1.82) is 0 Å². The molecular weight excluding hydrogens is 186 g/mol. The molecule has 0 bridgehead atoms. The fourth-order valence-electron chi connectivity index (χ4n) is 1.43. The van der Waals surface area contributed by atoms with Gasteiger partial charge in [0, 0.05) is 11.6 Å². The summed E-state index contributed by atoms with van der Waals surface area (Å²) in [6.07, 6.45) is 0.609. The Bertz CT molecular complexity index is 321. The van der Waals surface area contributed by atoms with E-state index < -0.39 is 11.6 Å². The number of ether oxygens (including phenoxy) is 1. The van der Waals surface area contributed by atoms with Gasteiger partial charge in [0.05, 0.1) is 7.11 Å². The lowest BCUT2D eigenvalue weighted by atomic mass is 10.0. The van der Waals surface area contributed by atoms with Crippen LogP contribution in [0.1, 0.15) is 19.4 Å². The van der Waals surface area contributed by atoms with Crippen molar-refractivity contribution in [3.63, 3.8) is 0 Å². The van der Waals surface area contributed by atoms with Crippen LogP contribution < -0.4 is 4.74 Å². The molecule has 0 radical (unpaired) electrons. The van der Waals surface area contributed by atoms with Crippen LogP contribution in [0, 0.1) is 17.6 Å². The van der Waals surface area contributed by atoms with Gasteiger partial charge in [-0.2, -0.15) is 0 Å². The van der Waals surface area contributed by atoms with Gasteiger partial charge < -0.3 is 4.74 Å². The maximum Gasteiger partial charge on any atom is 0.168 e. The van der Waals surface area contributed by atoms with E-state index in [1.54, 1.807) is 0 Å². The zero-order valence-electron chi connectivity index (χ0n) is 8.60. The zero-order chi connectivity index (χ0) is 10.7. The molecule has 0 saturated heterocycles. The van der Waals surface area contributed by atoms with Gasteiger partial charge in [0.25, 0.3) is 0 Å². The van der Waals surface area contributed by atoms with Crippen LogP contribution in [-0.2, 0) is 6.42 Å². The molecule has 3 heteroatoms. The summed E-state index contributed by atoms with van der Waals surface area (Å²) in [4.78, 5) is 0. The minimum atomic E-state index is -0.636. The van der Waals surface area contributed by atoms with Gasteiger partial charge in [0.1, 0.15) is 5.82 Å². The van der Waals surface area contributed by atoms with Crippen molar-refractivity contribution >= 4 is 0 Å². The van der Waals surface area contributed by atoms with Crippen molar-refractivity contribution in [1.82, 2.24) is 0 Å². The molecule has 1 aromatic carbocycles. The second kappa shape index (κ2) is 4.40. The second-order valence-corrected chi connectivity index (χ2v) is 3.68. The summed E-state index contributed by atoms with van der Waals surface area (Å²) in [5, 5.41) is 0. The fraction of sp³-hybridized carbons (Fsp3) is 0.455. The summed E-state index contributed by atoms with van der Waals surface area (Å²) in [6, 6.07) is 2.16. The van der Waals surface area contributed by atoms with Gasteiger partial charge in [-0.1, -0.05) is 13.8 Å². The molecule has 0 unspecified atom stereocenters. The molecule has 1 aromatic rings. The summed E-state index contributed by atoms with van der Waals surface area (Å²) in [5.74, 6) is -0.702. The molecule has 0 aromatic heterocycles. The minimum absolute atomic E-state index is 0.153. The molecule has 0 aliphatic heterocycles. The first-order valence-electron chi connectivity index (χ1n) is 4.56. The van der Waals surface area contributed by atoms with E-state index in [2.05, 4.69) is 0 Å². The van der Waals surface area contributed by atoms with Gasteiger partial charge in [0.15, 0.2) is 11.6 Å². The first-order chi connectivity index (χ1) is 6.54. The monoisotopic (exact) mass is 200 g/mol. The molecule has 0 atom stereocenters. The van der Waals surface area contributed by atoms with Crippen LogP contribution in [0.5, 0.6) is 5.75 Å². The molecule has 0 aliphatic rings. The quantitative estimate of drug-likeness (QED) is 0.728. The van der Waals surface area contributed by atoms with E-state index in [0.29, 0.717) is 17.9 Å². The highest BCUT2D eigenvalue weighted by Crippen LogP contribution is 2.26. The average Bonchev–Trinajstić information content (AvgIpc) is 2.01. The van der Waals surface area contributed by atoms with Crippen LogP contribution in [0.4, 0.5) is 8.78 Å². The fourth-order valence-corrected chi connectivity index (χ4v) is 1.43. The highest BCUT2D eigenvalue weighted by atomic mass is 19.1. The van der Waals surface area contributed by atoms with Gasteiger partial charge in [-0.25, -0.2) is 8.78 Å². The molecule has 0 aliphatic carbocycles. The number of hydrogen-bond acceptors (Lipinski definition) is 1. The van der Waals surface area contributed by atoms with E-state index in [0.717, 1.165) is 6.07 Å². The third kappa shape index (κ3) is 2.44. The number of methoxy groups -OCH3 is 1. The summed E-state index contributed by atoms with van der Waals surface area (Å²) < 4.78 is 31.0. The number of halogens is 2. The van der Waals surface area contributed by atoms with E-state index in [-0.39, 0.29) is 5.75 Å². The highest BCUT2D eigenvalue weighted by molar-refractivity contribution is 5.35. The van der Waals surface area contributed by atoms with Crippen LogP contribution in [0.25, 0.3) is 0 Å². The smallest absolute Gasteiger partial charge is 0.168 e. The normalized spacial score (nSPS) is 10.7. The maximum absolute atomic E-state index is 13.2. The molecule has 1 rings (SSSR count). The Morgan fingerprint density at radius 3 is 2.43 bits per heavy atom. The predicted octanol–water partition coefficient (Wildman–Crippen LogP) is 3.17. The Morgan fingerprint density at radius 1 is 1.29 bits per heavy atom. The summed E-state index contributed by atoms with van der Waals surface area (Å²) >= 11 is 0. The Labute approximate surface area is 82.7 Å². The first-order valence-corrected chi connectivity index (χ1v) is 4.56. The molecule has 0 heterocycles. The van der Waals surface area contributed by atoms with Crippen molar-refractivity contribution < 1.29 is 13.5 Å². The molecule has 0 saturated carbocycles. The summed E-state index contributed by atoms with van der Waals surface area (Å²) in [7, 11) is 1.39. The molecular formula is C11H14F2O. The van der Waals surface area contributed by atoms with Gasteiger partial charge in [-0.3, -0.25) is 0 Å². The predicted molar refractivity (Wildman–Crippen MR) is 51.5 cm³/mol. The third-order valence-electron chi connectivity index (χ3n) is 1.92. The Morgan fingerprint density at radius 2 is 1.93 bits per heavy atom. The van der Waals surface area contributed by atoms with Gasteiger partial charge in [0.2, 0.25) is 0 Å². The third-order valence-corrected chi connectivity index (χ3v) is 1.92. The lowest BCUT2D eigenvalue weighted by Crippen LogP contribution is -2.01. The van der Waals surface area contributed by atoms with Gasteiger partial charge >= 0.3 is 0 Å². The van der Waals surface area contributed by atoms with Crippen LogP contribution in [0.3, 0.4) is 0 Å². The van der Waals surface area contributed by atoms with Gasteiger partial charge in [-0.05, 0) is 18.4 Å². The van der Waals surface area contributed by atoms with Crippen molar-refractivity contribution in [2.45, 2.75) is 20.3 Å². The standard InChI is InChI=1S/C11H14F2O/c1-7(2)4-8-5-9(12)6-10(13)11(8)14-3/h5-7H,4H2,1-3H3. The zero-order valence-corrected chi connectivity index (χ0v) is 8.60. The van der Waals surface area contributed by atoms with Crippen molar-refractivity contribution in [2.75, 3.05) is 7.11 Å². The van der Waals surface area contributed by atoms with E-state index in [4.69, 9.17) is 4.74 Å². The molecule has 0 amide bonds. The van der Waals surface area contributed by atoms with E-state index in [1.807, 2.05) is 13.8 Å². The first kappa shape index (κ1) is 11.0. The Kier molecular flexibility index (Phi) is 3.44. The highest BCUT2D eigenvalue weighted by Gasteiger charge is 2.12. The topological polar surface area (TPSA) is 9.23 Å². The summed E-state index contributed by atoms with van der Waals surface area (Å²) in [5.41, 5.74) is 0.583. The molecule has 0 N–H and O–H groups in total.